The second-order valence-electron chi connectivity index (χ2n) is 6.29. The Morgan fingerprint density at radius 1 is 1.38 bits per heavy atom. The maximum absolute atomic E-state index is 13.6. The average Bonchev–Trinajstić information content (AvgIpc) is 2.93. The van der Waals surface area contributed by atoms with Crippen LogP contribution in [0.15, 0.2) is 36.8 Å². The number of hydrogen-bond donors (Lipinski definition) is 1. The molecule has 1 amide bonds. The number of aliphatic hydroxyl groups is 1. The third-order valence-corrected chi connectivity index (χ3v) is 4.44. The van der Waals surface area contributed by atoms with Crippen LogP contribution < -0.4 is 0 Å². The first kappa shape index (κ1) is 16.5. The molecule has 0 unspecified atom stereocenters. The standard InChI is InChI=1S/C18H20FN3O2/c1-12-2-3-13(6-16(12)19)7-18(24)22-10-14(17(23)11-22)8-15-9-20-4-5-21-15/h2-6,9,14,17,23H,7-8,10-11H2,1H3/t14-,17-/m1/s1. The molecular formula is C18H20FN3O2. The number of aryl methyl sites for hydroxylation is 1. The van der Waals surface area contributed by atoms with Gasteiger partial charge in [-0.25, -0.2) is 4.39 Å². The number of likely N-dealkylation sites (tertiary alicyclic amines) is 1. The van der Waals surface area contributed by atoms with Gasteiger partial charge in [-0.2, -0.15) is 0 Å². The first-order valence-corrected chi connectivity index (χ1v) is 7.98. The van der Waals surface area contributed by atoms with Crippen LogP contribution in [-0.2, 0) is 17.6 Å². The van der Waals surface area contributed by atoms with Crippen LogP contribution in [0.1, 0.15) is 16.8 Å². The van der Waals surface area contributed by atoms with E-state index in [4.69, 9.17) is 0 Å². The van der Waals surface area contributed by atoms with Gasteiger partial charge >= 0.3 is 0 Å². The number of benzene rings is 1. The van der Waals surface area contributed by atoms with Crippen molar-refractivity contribution in [1.29, 1.82) is 0 Å². The maximum Gasteiger partial charge on any atom is 0.227 e. The maximum atomic E-state index is 13.6. The second kappa shape index (κ2) is 7.05. The summed E-state index contributed by atoms with van der Waals surface area (Å²) in [5, 5.41) is 10.2. The molecule has 3 rings (SSSR count). The Balaban J connectivity index is 1.61. The lowest BCUT2D eigenvalue weighted by Gasteiger charge is -2.16. The minimum absolute atomic E-state index is 0.0552. The number of rotatable bonds is 4. The molecule has 1 N–H and O–H groups in total. The van der Waals surface area contributed by atoms with E-state index >= 15 is 0 Å². The zero-order valence-electron chi connectivity index (χ0n) is 13.5. The highest BCUT2D eigenvalue weighted by Gasteiger charge is 2.34. The van der Waals surface area contributed by atoms with Gasteiger partial charge in [0.05, 0.1) is 18.2 Å². The van der Waals surface area contributed by atoms with Crippen molar-refractivity contribution in [1.82, 2.24) is 14.9 Å². The number of carbonyl (C=O) groups excluding carboxylic acids is 1. The zero-order chi connectivity index (χ0) is 17.1. The van der Waals surface area contributed by atoms with Crippen molar-refractivity contribution in [3.8, 4) is 0 Å². The highest BCUT2D eigenvalue weighted by molar-refractivity contribution is 5.79. The van der Waals surface area contributed by atoms with Gasteiger partial charge in [0, 0.05) is 37.6 Å². The third-order valence-electron chi connectivity index (χ3n) is 4.44. The van der Waals surface area contributed by atoms with Crippen LogP contribution in [0.2, 0.25) is 0 Å². The fourth-order valence-electron chi connectivity index (χ4n) is 3.00. The van der Waals surface area contributed by atoms with Crippen molar-refractivity contribution in [3.05, 3.63) is 59.4 Å². The molecule has 1 saturated heterocycles. The Morgan fingerprint density at radius 3 is 2.92 bits per heavy atom. The summed E-state index contributed by atoms with van der Waals surface area (Å²) >= 11 is 0. The number of halogens is 1. The van der Waals surface area contributed by atoms with Crippen LogP contribution in [0.3, 0.4) is 0 Å². The smallest absolute Gasteiger partial charge is 0.227 e. The molecule has 0 radical (unpaired) electrons. The average molecular weight is 329 g/mol. The molecule has 1 aromatic carbocycles. The van der Waals surface area contributed by atoms with E-state index in [9.17, 15) is 14.3 Å². The molecule has 2 heterocycles. The quantitative estimate of drug-likeness (QED) is 0.924. The van der Waals surface area contributed by atoms with Gasteiger partial charge < -0.3 is 10.0 Å². The molecular weight excluding hydrogens is 309 g/mol. The molecule has 1 aliphatic heterocycles. The van der Waals surface area contributed by atoms with E-state index in [-0.39, 0.29) is 24.1 Å². The normalized spacial score (nSPS) is 20.4. The number of nitrogens with zero attached hydrogens (tertiary/aromatic N) is 3. The van der Waals surface area contributed by atoms with Crippen molar-refractivity contribution >= 4 is 5.91 Å². The monoisotopic (exact) mass is 329 g/mol. The van der Waals surface area contributed by atoms with Crippen molar-refractivity contribution < 1.29 is 14.3 Å². The fourth-order valence-corrected chi connectivity index (χ4v) is 3.00. The van der Waals surface area contributed by atoms with E-state index in [0.717, 1.165) is 5.69 Å². The molecule has 126 valence electrons. The SMILES string of the molecule is Cc1ccc(CC(=O)N2C[C@@H](Cc3cnccn3)[C@H](O)C2)cc1F. The van der Waals surface area contributed by atoms with Crippen LogP contribution in [0, 0.1) is 18.7 Å². The minimum atomic E-state index is -0.578. The van der Waals surface area contributed by atoms with E-state index in [1.807, 2.05) is 0 Å². The Bertz CT molecular complexity index is 723. The summed E-state index contributed by atoms with van der Waals surface area (Å²) < 4.78 is 13.6. The Labute approximate surface area is 140 Å². The number of amides is 1. The number of hydrogen-bond acceptors (Lipinski definition) is 4. The highest BCUT2D eigenvalue weighted by Crippen LogP contribution is 2.21. The van der Waals surface area contributed by atoms with E-state index in [1.165, 1.54) is 6.07 Å². The molecule has 24 heavy (non-hydrogen) atoms. The number of aromatic nitrogens is 2. The lowest BCUT2D eigenvalue weighted by Crippen LogP contribution is -2.31. The highest BCUT2D eigenvalue weighted by atomic mass is 19.1. The lowest BCUT2D eigenvalue weighted by atomic mass is 10.0. The number of β-amino-alcohol motifs (C(OH)–C–C–N with tert-alkyl or cyclic N) is 1. The molecule has 2 atom stereocenters. The van der Waals surface area contributed by atoms with Gasteiger partial charge in [0.1, 0.15) is 5.82 Å². The number of carbonyl (C=O) groups is 1. The first-order chi connectivity index (χ1) is 11.5. The van der Waals surface area contributed by atoms with Crippen LogP contribution in [-0.4, -0.2) is 45.1 Å². The molecule has 2 aromatic rings. The van der Waals surface area contributed by atoms with Crippen LogP contribution >= 0.6 is 0 Å². The van der Waals surface area contributed by atoms with Gasteiger partial charge in [-0.05, 0) is 30.5 Å². The van der Waals surface area contributed by atoms with Crippen molar-refractivity contribution in [2.75, 3.05) is 13.1 Å². The summed E-state index contributed by atoms with van der Waals surface area (Å²) in [7, 11) is 0. The molecule has 0 aliphatic carbocycles. The Kier molecular flexibility index (Phi) is 4.85. The lowest BCUT2D eigenvalue weighted by molar-refractivity contribution is -0.129. The Morgan fingerprint density at radius 2 is 2.21 bits per heavy atom. The summed E-state index contributed by atoms with van der Waals surface area (Å²) in [6.07, 6.45) is 5.04. The van der Waals surface area contributed by atoms with Crippen LogP contribution in [0.5, 0.6) is 0 Å². The van der Waals surface area contributed by atoms with Crippen LogP contribution in [0.25, 0.3) is 0 Å². The molecule has 5 nitrogen and oxygen atoms in total. The van der Waals surface area contributed by atoms with Gasteiger partial charge in [0.15, 0.2) is 0 Å². The zero-order valence-corrected chi connectivity index (χ0v) is 13.5. The largest absolute Gasteiger partial charge is 0.391 e. The van der Waals surface area contributed by atoms with E-state index in [1.54, 1.807) is 42.5 Å². The van der Waals surface area contributed by atoms with Gasteiger partial charge in [-0.15, -0.1) is 0 Å². The fraction of sp³-hybridized carbons (Fsp3) is 0.389. The predicted octanol–water partition coefficient (Wildman–Crippen LogP) is 1.53. The van der Waals surface area contributed by atoms with E-state index < -0.39 is 6.10 Å². The van der Waals surface area contributed by atoms with Gasteiger partial charge in [-0.3, -0.25) is 14.8 Å². The topological polar surface area (TPSA) is 66.3 Å². The molecule has 6 heteroatoms. The number of aliphatic hydroxyl groups excluding tert-OH is 1. The molecule has 0 saturated carbocycles. The summed E-state index contributed by atoms with van der Waals surface area (Å²) in [5.41, 5.74) is 2.01. The third kappa shape index (κ3) is 3.76. The molecule has 1 aliphatic rings. The van der Waals surface area contributed by atoms with Crippen LogP contribution in [0.4, 0.5) is 4.39 Å². The van der Waals surface area contributed by atoms with Crippen molar-refractivity contribution in [2.45, 2.75) is 25.9 Å². The van der Waals surface area contributed by atoms with Crippen molar-refractivity contribution in [2.24, 2.45) is 5.92 Å². The summed E-state index contributed by atoms with van der Waals surface area (Å²) in [6.45, 7) is 2.47. The van der Waals surface area contributed by atoms with Crippen molar-refractivity contribution in [3.63, 3.8) is 0 Å². The van der Waals surface area contributed by atoms with Gasteiger partial charge in [-0.1, -0.05) is 12.1 Å². The van der Waals surface area contributed by atoms with Gasteiger partial charge in [0.25, 0.3) is 0 Å². The Hall–Kier alpha value is -2.34. The first-order valence-electron chi connectivity index (χ1n) is 7.98. The van der Waals surface area contributed by atoms with Gasteiger partial charge in [0.2, 0.25) is 5.91 Å². The molecule has 0 bridgehead atoms. The van der Waals surface area contributed by atoms with E-state index in [0.29, 0.717) is 30.6 Å². The summed E-state index contributed by atoms with van der Waals surface area (Å²) in [6, 6.07) is 4.84. The summed E-state index contributed by atoms with van der Waals surface area (Å²) in [4.78, 5) is 22.3. The predicted molar refractivity (Wildman–Crippen MR) is 86.7 cm³/mol. The molecule has 1 fully saturated rings. The molecule has 1 aromatic heterocycles. The second-order valence-corrected chi connectivity index (χ2v) is 6.29. The van der Waals surface area contributed by atoms with E-state index in [2.05, 4.69) is 9.97 Å². The summed E-state index contributed by atoms with van der Waals surface area (Å²) in [5.74, 6) is -0.457. The molecule has 0 spiro atoms. The minimum Gasteiger partial charge on any atom is -0.391 e.